The standard InChI is InChI=1S/C61H83ClFN5O15/c1-34(2)42(30-41(69)19-11-10-16-36(4)80-57(74)40-17-13-18-40)56(73)66-45(20-14-24-65-58(64)75)47(70)28-38-22-23-44(43(63)26-38)67-59(76)82-51-31-52(71)68(7)46-27-39(29-48(78-8)54(46)62)25-35(3)15-12-21-50(79-9)61(77)32-49(81-53(72)33-61)37(5)55-60(51,6)83-55/h12,15,21-23,26-27,29,34,36-37,40,42,45,49-51,55,77H,10-11,13-14,16-20,24-25,28,30-33H2,1-9H3,(H,66,73)(H,67,76)(H3,64,65,75)/b21-12+,35-15+/t36?,37-,42+,45+,49+,50-,51+,55+,60+,61-/m1/s1. The van der Waals surface area contributed by atoms with E-state index in [1.807, 2.05) is 19.9 Å². The van der Waals surface area contributed by atoms with Gasteiger partial charge in [-0.3, -0.25) is 34.1 Å². The van der Waals surface area contributed by atoms with E-state index in [0.29, 0.717) is 37.1 Å². The van der Waals surface area contributed by atoms with Crippen LogP contribution in [0.2, 0.25) is 5.02 Å². The summed E-state index contributed by atoms with van der Waals surface area (Å²) < 4.78 is 51.0. The summed E-state index contributed by atoms with van der Waals surface area (Å²) in [6.45, 7) is 10.8. The molecule has 5 amide bonds. The Hall–Kier alpha value is -6.42. The number of ketones is 2. The number of hydrogen-bond acceptors (Lipinski definition) is 15. The number of nitrogens with two attached hydrogens (primary N) is 1. The van der Waals surface area contributed by atoms with Crippen molar-refractivity contribution in [2.75, 3.05) is 38.0 Å². The number of ether oxygens (including phenoxy) is 6. The molecule has 0 aromatic heterocycles. The molecule has 22 heteroatoms. The van der Waals surface area contributed by atoms with Crippen LogP contribution >= 0.6 is 11.6 Å². The van der Waals surface area contributed by atoms with Crippen molar-refractivity contribution in [2.45, 2.75) is 186 Å². The number of urea groups is 1. The van der Waals surface area contributed by atoms with Crippen LogP contribution in [-0.4, -0.2) is 128 Å². The number of carbonyl (C=O) groups is 8. The number of allylic oxidation sites excluding steroid dienone is 3. The number of methoxy groups -OCH3 is 2. The van der Waals surface area contributed by atoms with Crippen molar-refractivity contribution in [3.63, 3.8) is 0 Å². The first-order valence-electron chi connectivity index (χ1n) is 28.7. The minimum atomic E-state index is -1.67. The van der Waals surface area contributed by atoms with E-state index in [2.05, 4.69) is 16.0 Å². The first kappa shape index (κ1) is 65.7. The van der Waals surface area contributed by atoms with Gasteiger partial charge in [-0.25, -0.2) is 14.0 Å². The van der Waals surface area contributed by atoms with E-state index in [9.17, 15) is 43.5 Å². The number of nitrogens with zero attached hydrogens (tertiary/aromatic N) is 1. The lowest BCUT2D eigenvalue weighted by Gasteiger charge is -2.41. The number of primary amides is 1. The Balaban J connectivity index is 1.15. The second kappa shape index (κ2) is 29.4. The largest absolute Gasteiger partial charge is 0.495 e. The maximum absolute atomic E-state index is 16.1. The summed E-state index contributed by atoms with van der Waals surface area (Å²) in [5.74, 6) is -4.83. The Bertz CT molecular complexity index is 2770. The van der Waals surface area contributed by atoms with Crippen molar-refractivity contribution in [3.8, 4) is 5.75 Å². The number of benzene rings is 2. The second-order valence-electron chi connectivity index (χ2n) is 23.3. The first-order chi connectivity index (χ1) is 39.2. The molecule has 1 aliphatic carbocycles. The van der Waals surface area contributed by atoms with E-state index in [0.717, 1.165) is 36.5 Å². The van der Waals surface area contributed by atoms with Crippen molar-refractivity contribution in [1.82, 2.24) is 10.6 Å². The smallest absolute Gasteiger partial charge is 0.412 e. The molecular weight excluding hydrogens is 1100 g/mol. The van der Waals surface area contributed by atoms with E-state index in [1.54, 1.807) is 52.0 Å². The van der Waals surface area contributed by atoms with Crippen molar-refractivity contribution in [3.05, 3.63) is 76.1 Å². The Morgan fingerprint density at radius 2 is 1.76 bits per heavy atom. The molecule has 4 bridgehead atoms. The normalized spacial score (nSPS) is 25.9. The number of unbranched alkanes of at least 4 members (excludes halogenated alkanes) is 1. The summed E-state index contributed by atoms with van der Waals surface area (Å²) in [4.78, 5) is 108. The van der Waals surface area contributed by atoms with Gasteiger partial charge in [-0.1, -0.05) is 68.7 Å². The predicted molar refractivity (Wildman–Crippen MR) is 307 cm³/mol. The fourth-order valence-corrected chi connectivity index (χ4v) is 11.4. The van der Waals surface area contributed by atoms with Gasteiger partial charge in [-0.2, -0.15) is 0 Å². The molecule has 3 fully saturated rings. The molecule has 1 unspecified atom stereocenters. The number of rotatable bonds is 23. The quantitative estimate of drug-likeness (QED) is 0.0303. The summed E-state index contributed by atoms with van der Waals surface area (Å²) in [6.07, 6.45) is 4.13. The fourth-order valence-electron chi connectivity index (χ4n) is 11.1. The molecule has 6 rings (SSSR count). The highest BCUT2D eigenvalue weighted by molar-refractivity contribution is 6.35. The molecule has 83 heavy (non-hydrogen) atoms. The van der Waals surface area contributed by atoms with E-state index in [4.69, 9.17) is 45.8 Å². The highest BCUT2D eigenvalue weighted by Crippen LogP contribution is 2.50. The minimum Gasteiger partial charge on any atom is -0.495 e. The molecule has 4 aliphatic rings. The molecule has 2 aromatic rings. The zero-order valence-electron chi connectivity index (χ0n) is 49.1. The third-order valence-corrected chi connectivity index (χ3v) is 16.8. The molecule has 6 N–H and O–H groups in total. The summed E-state index contributed by atoms with van der Waals surface area (Å²) >= 11 is 6.82. The molecular formula is C61H83ClFN5O15. The van der Waals surface area contributed by atoms with Crippen LogP contribution in [0.5, 0.6) is 5.75 Å². The van der Waals surface area contributed by atoms with Gasteiger partial charge < -0.3 is 54.8 Å². The van der Waals surface area contributed by atoms with Gasteiger partial charge in [0.2, 0.25) is 11.8 Å². The molecule has 20 nitrogen and oxygen atoms in total. The van der Waals surface area contributed by atoms with E-state index < -0.39 is 101 Å². The number of esters is 2. The summed E-state index contributed by atoms with van der Waals surface area (Å²) in [6, 6.07) is 5.33. The molecule has 0 radical (unpaired) electrons. The Morgan fingerprint density at radius 1 is 1.02 bits per heavy atom. The molecule has 10 atom stereocenters. The number of nitrogens with one attached hydrogen (secondary N) is 3. The average molecular weight is 1180 g/mol. The van der Waals surface area contributed by atoms with Crippen LogP contribution in [0.25, 0.3) is 0 Å². The van der Waals surface area contributed by atoms with Crippen LogP contribution in [0.1, 0.15) is 136 Å². The van der Waals surface area contributed by atoms with Crippen LogP contribution in [0.4, 0.5) is 25.4 Å². The maximum Gasteiger partial charge on any atom is 0.412 e. The molecule has 2 saturated heterocycles. The summed E-state index contributed by atoms with van der Waals surface area (Å²) in [5.41, 5.74) is 4.00. The first-order valence-corrected chi connectivity index (χ1v) is 29.1. The van der Waals surface area contributed by atoms with Gasteiger partial charge in [0.25, 0.3) is 0 Å². The van der Waals surface area contributed by atoms with Gasteiger partial charge in [0.05, 0.1) is 55.5 Å². The molecule has 1 saturated carbocycles. The molecule has 456 valence electrons. The minimum absolute atomic E-state index is 0.0185. The summed E-state index contributed by atoms with van der Waals surface area (Å²) in [5, 5.41) is 19.8. The lowest BCUT2D eigenvalue weighted by Crippen LogP contribution is -2.53. The highest BCUT2D eigenvalue weighted by Gasteiger charge is 2.64. The Kier molecular flexibility index (Phi) is 23.3. The molecule has 3 aliphatic heterocycles. The van der Waals surface area contributed by atoms with Crippen LogP contribution in [-0.2, 0) is 65.3 Å². The van der Waals surface area contributed by atoms with Crippen LogP contribution < -0.4 is 31.3 Å². The van der Waals surface area contributed by atoms with Gasteiger partial charge in [0.1, 0.15) is 51.9 Å². The van der Waals surface area contributed by atoms with Gasteiger partial charge in [-0.05, 0) is 113 Å². The Labute approximate surface area is 490 Å². The van der Waals surface area contributed by atoms with Crippen molar-refractivity contribution < 1.29 is 76.3 Å². The van der Waals surface area contributed by atoms with Gasteiger partial charge >= 0.3 is 24.1 Å². The van der Waals surface area contributed by atoms with E-state index >= 15 is 4.39 Å². The Morgan fingerprint density at radius 3 is 2.41 bits per heavy atom. The number of anilines is 2. The van der Waals surface area contributed by atoms with Crippen LogP contribution in [0.15, 0.2) is 54.1 Å². The van der Waals surface area contributed by atoms with Crippen molar-refractivity contribution >= 4 is 70.4 Å². The molecule has 3 heterocycles. The number of epoxide rings is 1. The number of halogens is 2. The van der Waals surface area contributed by atoms with Gasteiger partial charge in [0.15, 0.2) is 5.78 Å². The van der Waals surface area contributed by atoms with Crippen LogP contribution in [0, 0.1) is 29.5 Å². The monoisotopic (exact) mass is 1180 g/mol. The third kappa shape index (κ3) is 17.8. The van der Waals surface area contributed by atoms with E-state index in [1.165, 1.54) is 38.3 Å². The zero-order chi connectivity index (χ0) is 60.9. The van der Waals surface area contributed by atoms with Crippen molar-refractivity contribution in [1.29, 1.82) is 0 Å². The number of Topliss-reactive ketones (excluding diaryl/α,β-unsaturated/α-hetero) is 2. The zero-order valence-corrected chi connectivity index (χ0v) is 49.9. The lowest BCUT2D eigenvalue weighted by atomic mass is 9.78. The second-order valence-corrected chi connectivity index (χ2v) is 23.7. The number of hydrogen-bond donors (Lipinski definition) is 5. The van der Waals surface area contributed by atoms with E-state index in [-0.39, 0.29) is 97.5 Å². The SMILES string of the molecule is COc1cc2cc(c1Cl)N(C)C(=O)C[C@H](OC(=O)Nc1ccc(CC(=O)[C@H](CCCNC(N)=O)NC(=O)[C@@H](CC(=O)CCCCC(C)OC(=O)C3CCC3)C(C)C)cc1F)[C@]1(C)O[C@H]1[C@H](C)[C@@H]1C[C@@](O)(CC(=O)O1)[C@H](OC)/C=C/C=C(\C)C2. The fraction of sp³-hybridized carbons (Fsp3) is 0.607. The lowest BCUT2D eigenvalue weighted by molar-refractivity contribution is -0.187. The van der Waals surface area contributed by atoms with Gasteiger partial charge in [-0.15, -0.1) is 0 Å². The molecule has 2 aromatic carbocycles. The number of aliphatic hydroxyl groups is 1. The molecule has 0 spiro atoms. The highest BCUT2D eigenvalue weighted by atomic mass is 35.5. The topological polar surface area (TPSA) is 281 Å². The third-order valence-electron chi connectivity index (χ3n) is 16.4. The summed E-state index contributed by atoms with van der Waals surface area (Å²) in [7, 11) is 4.39. The number of carbonyl (C=O) groups excluding carboxylic acids is 8. The number of fused-ring (bicyclic) bond motifs is 5. The van der Waals surface area contributed by atoms with Crippen LogP contribution in [0.3, 0.4) is 0 Å². The maximum atomic E-state index is 16.1. The number of amides is 5. The predicted octanol–water partition coefficient (Wildman–Crippen LogP) is 8.33. The van der Waals surface area contributed by atoms with Crippen molar-refractivity contribution in [2.24, 2.45) is 29.4 Å². The van der Waals surface area contributed by atoms with Gasteiger partial charge in [0, 0.05) is 58.2 Å². The average Bonchev–Trinajstić information content (AvgIpc) is 4.13.